The first-order valence-corrected chi connectivity index (χ1v) is 6.81. The van der Waals surface area contributed by atoms with Crippen molar-refractivity contribution in [3.05, 3.63) is 53.9 Å². The average Bonchev–Trinajstić information content (AvgIpc) is 2.92. The summed E-state index contributed by atoms with van der Waals surface area (Å²) in [5, 5.41) is 3.36. The number of nitrogens with zero attached hydrogens (tertiary/aromatic N) is 2. The zero-order chi connectivity index (χ0) is 14.5. The molecule has 4 heteroatoms. The van der Waals surface area contributed by atoms with E-state index in [9.17, 15) is 4.79 Å². The molecule has 0 spiro atoms. The zero-order valence-electron chi connectivity index (χ0n) is 12.3. The third kappa shape index (κ3) is 3.20. The molecule has 1 heterocycles. The molecule has 0 radical (unpaired) electrons. The van der Waals surface area contributed by atoms with Gasteiger partial charge in [-0.1, -0.05) is 6.07 Å². The van der Waals surface area contributed by atoms with E-state index < -0.39 is 0 Å². The average molecular weight is 271 g/mol. The molecular formula is C16H21N3O. The molecule has 1 aromatic carbocycles. The summed E-state index contributed by atoms with van der Waals surface area (Å²) >= 11 is 0. The van der Waals surface area contributed by atoms with E-state index in [4.69, 9.17) is 0 Å². The third-order valence-electron chi connectivity index (χ3n) is 3.25. The number of aromatic nitrogens is 1. The van der Waals surface area contributed by atoms with Crippen LogP contribution in [0.1, 0.15) is 23.0 Å². The Balaban J connectivity index is 2.07. The van der Waals surface area contributed by atoms with Gasteiger partial charge in [0.15, 0.2) is 0 Å². The minimum absolute atomic E-state index is 0.0191. The SMILES string of the molecule is CCn1cccc1CNc1cccc(C(=O)N(C)C)c1. The summed E-state index contributed by atoms with van der Waals surface area (Å²) in [6.07, 6.45) is 2.07. The van der Waals surface area contributed by atoms with Crippen molar-refractivity contribution in [1.29, 1.82) is 0 Å². The number of carbonyl (C=O) groups excluding carboxylic acids is 1. The Labute approximate surface area is 120 Å². The van der Waals surface area contributed by atoms with E-state index in [-0.39, 0.29) is 5.91 Å². The maximum Gasteiger partial charge on any atom is 0.253 e. The Morgan fingerprint density at radius 2 is 2.05 bits per heavy atom. The molecule has 0 fully saturated rings. The van der Waals surface area contributed by atoms with Crippen LogP contribution in [0.25, 0.3) is 0 Å². The highest BCUT2D eigenvalue weighted by Crippen LogP contribution is 2.13. The molecule has 0 saturated carbocycles. The molecule has 106 valence electrons. The predicted molar refractivity (Wildman–Crippen MR) is 81.9 cm³/mol. The molecule has 0 aliphatic rings. The molecule has 0 atom stereocenters. The largest absolute Gasteiger partial charge is 0.379 e. The number of rotatable bonds is 5. The summed E-state index contributed by atoms with van der Waals surface area (Å²) in [6.45, 7) is 3.84. The van der Waals surface area contributed by atoms with E-state index >= 15 is 0 Å². The van der Waals surface area contributed by atoms with Gasteiger partial charge in [-0.3, -0.25) is 4.79 Å². The summed E-state index contributed by atoms with van der Waals surface area (Å²) in [4.78, 5) is 13.5. The van der Waals surface area contributed by atoms with E-state index in [0.29, 0.717) is 5.56 Å². The molecule has 2 rings (SSSR count). The summed E-state index contributed by atoms with van der Waals surface area (Å²) < 4.78 is 2.20. The van der Waals surface area contributed by atoms with Crippen molar-refractivity contribution in [2.75, 3.05) is 19.4 Å². The van der Waals surface area contributed by atoms with Gasteiger partial charge in [0.1, 0.15) is 0 Å². The van der Waals surface area contributed by atoms with Crippen molar-refractivity contribution in [1.82, 2.24) is 9.47 Å². The van der Waals surface area contributed by atoms with Crippen LogP contribution in [0.15, 0.2) is 42.6 Å². The smallest absolute Gasteiger partial charge is 0.253 e. The zero-order valence-corrected chi connectivity index (χ0v) is 12.3. The first-order valence-electron chi connectivity index (χ1n) is 6.81. The standard InChI is InChI=1S/C16H21N3O/c1-4-19-10-6-9-15(19)12-17-14-8-5-7-13(11-14)16(20)18(2)3/h5-11,17H,4,12H2,1-3H3. The highest BCUT2D eigenvalue weighted by Gasteiger charge is 2.08. The van der Waals surface area contributed by atoms with Crippen LogP contribution >= 0.6 is 0 Å². The lowest BCUT2D eigenvalue weighted by atomic mass is 10.2. The van der Waals surface area contributed by atoms with Gasteiger partial charge >= 0.3 is 0 Å². The molecule has 1 aromatic heterocycles. The number of hydrogen-bond donors (Lipinski definition) is 1. The fraction of sp³-hybridized carbons (Fsp3) is 0.312. The summed E-state index contributed by atoms with van der Waals surface area (Å²) in [7, 11) is 3.52. The number of benzene rings is 1. The van der Waals surface area contributed by atoms with Gasteiger partial charge in [-0.05, 0) is 37.3 Å². The van der Waals surface area contributed by atoms with Gasteiger partial charge in [-0.25, -0.2) is 0 Å². The molecule has 0 aliphatic heterocycles. The highest BCUT2D eigenvalue weighted by atomic mass is 16.2. The van der Waals surface area contributed by atoms with Crippen LogP contribution in [0, 0.1) is 0 Å². The van der Waals surface area contributed by atoms with E-state index in [2.05, 4.69) is 29.1 Å². The Morgan fingerprint density at radius 1 is 1.25 bits per heavy atom. The lowest BCUT2D eigenvalue weighted by molar-refractivity contribution is 0.0827. The van der Waals surface area contributed by atoms with Crippen molar-refractivity contribution in [2.45, 2.75) is 20.0 Å². The molecule has 4 nitrogen and oxygen atoms in total. The van der Waals surface area contributed by atoms with Crippen molar-refractivity contribution < 1.29 is 4.79 Å². The quantitative estimate of drug-likeness (QED) is 0.908. The second-order valence-electron chi connectivity index (χ2n) is 4.92. The minimum Gasteiger partial charge on any atom is -0.379 e. The molecule has 2 aromatic rings. The van der Waals surface area contributed by atoms with Crippen LogP contribution in [0.2, 0.25) is 0 Å². The van der Waals surface area contributed by atoms with Gasteiger partial charge in [0.2, 0.25) is 0 Å². The monoisotopic (exact) mass is 271 g/mol. The number of anilines is 1. The van der Waals surface area contributed by atoms with Crippen molar-refractivity contribution in [3.8, 4) is 0 Å². The molecule has 0 saturated heterocycles. The fourth-order valence-electron chi connectivity index (χ4n) is 2.13. The summed E-state index contributed by atoms with van der Waals surface area (Å²) in [6, 6.07) is 11.8. The van der Waals surface area contributed by atoms with Crippen LogP contribution in [-0.2, 0) is 13.1 Å². The van der Waals surface area contributed by atoms with Crippen LogP contribution in [0.3, 0.4) is 0 Å². The Hall–Kier alpha value is -2.23. The van der Waals surface area contributed by atoms with E-state index in [1.54, 1.807) is 19.0 Å². The van der Waals surface area contributed by atoms with Crippen LogP contribution in [0.4, 0.5) is 5.69 Å². The van der Waals surface area contributed by atoms with Gasteiger partial charge in [0, 0.05) is 43.8 Å². The lowest BCUT2D eigenvalue weighted by Crippen LogP contribution is -2.21. The molecule has 0 bridgehead atoms. The number of carbonyl (C=O) groups is 1. The van der Waals surface area contributed by atoms with Crippen LogP contribution in [-0.4, -0.2) is 29.5 Å². The highest BCUT2D eigenvalue weighted by molar-refractivity contribution is 5.94. The molecule has 0 aliphatic carbocycles. The Kier molecular flexibility index (Phi) is 4.45. The fourth-order valence-corrected chi connectivity index (χ4v) is 2.13. The van der Waals surface area contributed by atoms with E-state index in [0.717, 1.165) is 18.8 Å². The summed E-state index contributed by atoms with van der Waals surface area (Å²) in [5.74, 6) is 0.0191. The predicted octanol–water partition coefficient (Wildman–Crippen LogP) is 2.82. The van der Waals surface area contributed by atoms with Gasteiger partial charge in [0.05, 0.1) is 6.54 Å². The minimum atomic E-state index is 0.0191. The van der Waals surface area contributed by atoms with Crippen LogP contribution in [0.5, 0.6) is 0 Å². The second kappa shape index (κ2) is 6.28. The molecule has 1 N–H and O–H groups in total. The maximum atomic E-state index is 11.9. The van der Waals surface area contributed by atoms with Gasteiger partial charge in [-0.15, -0.1) is 0 Å². The number of amides is 1. The number of nitrogens with one attached hydrogen (secondary N) is 1. The van der Waals surface area contributed by atoms with Crippen molar-refractivity contribution in [3.63, 3.8) is 0 Å². The second-order valence-corrected chi connectivity index (χ2v) is 4.92. The molecule has 0 unspecified atom stereocenters. The van der Waals surface area contributed by atoms with E-state index in [1.165, 1.54) is 5.69 Å². The molecule has 20 heavy (non-hydrogen) atoms. The first kappa shape index (κ1) is 14.2. The third-order valence-corrected chi connectivity index (χ3v) is 3.25. The number of hydrogen-bond acceptors (Lipinski definition) is 2. The Bertz CT molecular complexity index is 587. The lowest BCUT2D eigenvalue weighted by Gasteiger charge is -2.13. The Morgan fingerprint density at radius 3 is 2.75 bits per heavy atom. The van der Waals surface area contributed by atoms with Crippen molar-refractivity contribution >= 4 is 11.6 Å². The topological polar surface area (TPSA) is 37.3 Å². The maximum absolute atomic E-state index is 11.9. The summed E-state index contributed by atoms with van der Waals surface area (Å²) in [5.41, 5.74) is 2.89. The van der Waals surface area contributed by atoms with Gasteiger partial charge < -0.3 is 14.8 Å². The van der Waals surface area contributed by atoms with Gasteiger partial charge in [-0.2, -0.15) is 0 Å². The van der Waals surface area contributed by atoms with Crippen molar-refractivity contribution in [2.24, 2.45) is 0 Å². The molecular weight excluding hydrogens is 250 g/mol. The van der Waals surface area contributed by atoms with Gasteiger partial charge in [0.25, 0.3) is 5.91 Å². The molecule has 1 amide bonds. The first-order chi connectivity index (χ1) is 9.61. The normalized spacial score (nSPS) is 10.3. The number of aryl methyl sites for hydroxylation is 1. The van der Waals surface area contributed by atoms with Crippen LogP contribution < -0.4 is 5.32 Å². The van der Waals surface area contributed by atoms with E-state index in [1.807, 2.05) is 30.3 Å².